The Kier molecular flexibility index (Phi) is 8.13. The highest BCUT2D eigenvalue weighted by Crippen LogP contribution is 2.26. The van der Waals surface area contributed by atoms with E-state index in [0.717, 1.165) is 57.7 Å². The summed E-state index contributed by atoms with van der Waals surface area (Å²) in [6.07, 6.45) is 2.67. The van der Waals surface area contributed by atoms with Crippen LogP contribution in [0.1, 0.15) is 25.3 Å². The molecule has 0 aromatic heterocycles. The van der Waals surface area contributed by atoms with Gasteiger partial charge in [0.2, 0.25) is 5.91 Å². The lowest BCUT2D eigenvalue weighted by molar-refractivity contribution is -0.142. The highest BCUT2D eigenvalue weighted by Gasteiger charge is 2.30. The van der Waals surface area contributed by atoms with Gasteiger partial charge in [0.1, 0.15) is 5.75 Å². The van der Waals surface area contributed by atoms with Crippen molar-refractivity contribution in [1.82, 2.24) is 14.7 Å². The number of phenolic OH excluding ortho intramolecular Hbond substituents is 1. The standard InChI is InChI=1S/C22H32BrN3O4/c1-16(13-17-3-4-20(27)19(23)14-17)22(29)26-7-5-18(6-8-26)25-11-9-24(10-12-25)15-21(28)30-2/h3-4,14,16,18,27H,5-13,15H2,1-2H3/t16-/m1/s1. The molecule has 7 nitrogen and oxygen atoms in total. The van der Waals surface area contributed by atoms with Crippen molar-refractivity contribution in [1.29, 1.82) is 0 Å². The van der Waals surface area contributed by atoms with E-state index in [1.807, 2.05) is 24.0 Å². The van der Waals surface area contributed by atoms with Crippen LogP contribution in [-0.4, -0.2) is 90.6 Å². The van der Waals surface area contributed by atoms with Gasteiger partial charge in [0.05, 0.1) is 18.1 Å². The lowest BCUT2D eigenvalue weighted by Gasteiger charge is -2.43. The van der Waals surface area contributed by atoms with Crippen molar-refractivity contribution in [2.45, 2.75) is 32.2 Å². The number of esters is 1. The predicted molar refractivity (Wildman–Crippen MR) is 118 cm³/mol. The molecule has 0 spiro atoms. The normalized spacial score (nSPS) is 20.2. The van der Waals surface area contributed by atoms with Gasteiger partial charge in [-0.05, 0) is 52.9 Å². The summed E-state index contributed by atoms with van der Waals surface area (Å²) in [6, 6.07) is 5.92. The third kappa shape index (κ3) is 5.95. The fraction of sp³-hybridized carbons (Fsp3) is 0.636. The average Bonchev–Trinajstić information content (AvgIpc) is 2.76. The smallest absolute Gasteiger partial charge is 0.319 e. The molecule has 1 aromatic carbocycles. The fourth-order valence-corrected chi connectivity index (χ4v) is 4.84. The van der Waals surface area contributed by atoms with Gasteiger partial charge in [-0.2, -0.15) is 0 Å². The van der Waals surface area contributed by atoms with E-state index < -0.39 is 0 Å². The largest absolute Gasteiger partial charge is 0.507 e. The molecule has 0 saturated carbocycles. The van der Waals surface area contributed by atoms with E-state index in [4.69, 9.17) is 4.74 Å². The van der Waals surface area contributed by atoms with E-state index in [1.54, 1.807) is 6.07 Å². The third-order valence-corrected chi connectivity index (χ3v) is 6.89. The molecule has 1 N–H and O–H groups in total. The van der Waals surface area contributed by atoms with Gasteiger partial charge < -0.3 is 14.7 Å². The van der Waals surface area contributed by atoms with Crippen LogP contribution in [0.3, 0.4) is 0 Å². The number of halogens is 1. The van der Waals surface area contributed by atoms with Crippen molar-refractivity contribution in [3.05, 3.63) is 28.2 Å². The van der Waals surface area contributed by atoms with Crippen molar-refractivity contribution >= 4 is 27.8 Å². The molecule has 2 fully saturated rings. The summed E-state index contributed by atoms with van der Waals surface area (Å²) in [5.74, 6) is 0.162. The average molecular weight is 482 g/mol. The molecule has 1 aromatic rings. The van der Waals surface area contributed by atoms with Gasteiger partial charge in [0.25, 0.3) is 0 Å². The molecule has 0 unspecified atom stereocenters. The highest BCUT2D eigenvalue weighted by molar-refractivity contribution is 9.10. The van der Waals surface area contributed by atoms with E-state index in [1.165, 1.54) is 7.11 Å². The minimum atomic E-state index is -0.177. The first kappa shape index (κ1) is 23.0. The Balaban J connectivity index is 1.43. The van der Waals surface area contributed by atoms with Crippen LogP contribution in [0.25, 0.3) is 0 Å². The van der Waals surface area contributed by atoms with E-state index in [0.29, 0.717) is 23.5 Å². The van der Waals surface area contributed by atoms with Crippen LogP contribution < -0.4 is 0 Å². The quantitative estimate of drug-likeness (QED) is 0.627. The Morgan fingerprint density at radius 3 is 2.43 bits per heavy atom. The summed E-state index contributed by atoms with van der Waals surface area (Å²) in [4.78, 5) is 31.0. The molecule has 0 aliphatic carbocycles. The zero-order chi connectivity index (χ0) is 21.7. The number of likely N-dealkylation sites (tertiary alicyclic amines) is 1. The number of amides is 1. The molecule has 1 atom stereocenters. The Labute approximate surface area is 187 Å². The van der Waals surface area contributed by atoms with Crippen LogP contribution >= 0.6 is 15.9 Å². The number of hydrogen-bond donors (Lipinski definition) is 1. The summed E-state index contributed by atoms with van der Waals surface area (Å²) >= 11 is 3.34. The Bertz CT molecular complexity index is 744. The SMILES string of the molecule is COC(=O)CN1CCN(C2CCN(C(=O)[C@H](C)Cc3ccc(O)c(Br)c3)CC2)CC1. The van der Waals surface area contributed by atoms with Crippen LogP contribution in [-0.2, 0) is 20.7 Å². The number of benzene rings is 1. The lowest BCUT2D eigenvalue weighted by Crippen LogP contribution is -2.54. The summed E-state index contributed by atoms with van der Waals surface area (Å²) < 4.78 is 5.41. The number of carbonyl (C=O) groups is 2. The van der Waals surface area contributed by atoms with Crippen molar-refractivity contribution < 1.29 is 19.4 Å². The maximum absolute atomic E-state index is 12.9. The lowest BCUT2D eigenvalue weighted by atomic mass is 9.97. The Hall–Kier alpha value is -1.64. The zero-order valence-corrected chi connectivity index (χ0v) is 19.4. The molecular formula is C22H32BrN3O4. The van der Waals surface area contributed by atoms with E-state index in [2.05, 4.69) is 25.7 Å². The third-order valence-electron chi connectivity index (χ3n) is 6.26. The van der Waals surface area contributed by atoms with Crippen LogP contribution in [0.4, 0.5) is 0 Å². The van der Waals surface area contributed by atoms with E-state index in [9.17, 15) is 14.7 Å². The number of rotatable bonds is 6. The van der Waals surface area contributed by atoms with Gasteiger partial charge in [0.15, 0.2) is 0 Å². The van der Waals surface area contributed by atoms with Gasteiger partial charge in [-0.1, -0.05) is 13.0 Å². The second-order valence-electron chi connectivity index (χ2n) is 8.34. The van der Waals surface area contributed by atoms with Gasteiger partial charge in [-0.3, -0.25) is 19.4 Å². The molecule has 2 aliphatic heterocycles. The molecule has 2 aliphatic rings. The minimum Gasteiger partial charge on any atom is -0.507 e. The number of methoxy groups -OCH3 is 1. The first-order valence-corrected chi connectivity index (χ1v) is 11.5. The fourth-order valence-electron chi connectivity index (χ4n) is 4.42. The van der Waals surface area contributed by atoms with Gasteiger partial charge >= 0.3 is 5.97 Å². The number of piperidine rings is 1. The first-order valence-electron chi connectivity index (χ1n) is 10.7. The molecule has 2 heterocycles. The molecule has 30 heavy (non-hydrogen) atoms. The molecule has 166 valence electrons. The number of piperazine rings is 1. The van der Waals surface area contributed by atoms with Crippen molar-refractivity contribution in [3.8, 4) is 5.75 Å². The molecular weight excluding hydrogens is 450 g/mol. The summed E-state index contributed by atoms with van der Waals surface area (Å²) in [5.41, 5.74) is 1.04. The van der Waals surface area contributed by atoms with Gasteiger partial charge in [-0.25, -0.2) is 0 Å². The topological polar surface area (TPSA) is 73.3 Å². The second kappa shape index (κ2) is 10.6. The maximum Gasteiger partial charge on any atom is 0.319 e. The predicted octanol–water partition coefficient (Wildman–Crippen LogP) is 2.11. The maximum atomic E-state index is 12.9. The van der Waals surface area contributed by atoms with Crippen LogP contribution in [0.15, 0.2) is 22.7 Å². The van der Waals surface area contributed by atoms with Crippen LogP contribution in [0, 0.1) is 5.92 Å². The van der Waals surface area contributed by atoms with Crippen LogP contribution in [0.5, 0.6) is 5.75 Å². The molecule has 2 saturated heterocycles. The molecule has 1 amide bonds. The number of carbonyl (C=O) groups excluding carboxylic acids is 2. The summed E-state index contributed by atoms with van der Waals surface area (Å²) in [5, 5.41) is 9.64. The highest BCUT2D eigenvalue weighted by atomic mass is 79.9. The molecule has 0 radical (unpaired) electrons. The van der Waals surface area contributed by atoms with Gasteiger partial charge in [0, 0.05) is 51.2 Å². The van der Waals surface area contributed by atoms with Crippen LogP contribution in [0.2, 0.25) is 0 Å². The zero-order valence-electron chi connectivity index (χ0n) is 17.8. The number of aromatic hydroxyl groups is 1. The molecule has 0 bridgehead atoms. The second-order valence-corrected chi connectivity index (χ2v) is 9.19. The minimum absolute atomic E-state index is 0.0835. The molecule has 8 heteroatoms. The molecule has 3 rings (SSSR count). The van der Waals surface area contributed by atoms with Crippen molar-refractivity contribution in [2.24, 2.45) is 5.92 Å². The first-order chi connectivity index (χ1) is 14.4. The number of ether oxygens (including phenoxy) is 1. The van der Waals surface area contributed by atoms with E-state index >= 15 is 0 Å². The monoisotopic (exact) mass is 481 g/mol. The van der Waals surface area contributed by atoms with E-state index in [-0.39, 0.29) is 23.5 Å². The Morgan fingerprint density at radius 2 is 1.83 bits per heavy atom. The Morgan fingerprint density at radius 1 is 1.17 bits per heavy atom. The number of nitrogens with zero attached hydrogens (tertiary/aromatic N) is 3. The van der Waals surface area contributed by atoms with Gasteiger partial charge in [-0.15, -0.1) is 0 Å². The summed E-state index contributed by atoms with van der Waals surface area (Å²) in [6.45, 7) is 7.64. The van der Waals surface area contributed by atoms with Crippen molar-refractivity contribution in [3.63, 3.8) is 0 Å². The summed E-state index contributed by atoms with van der Waals surface area (Å²) in [7, 11) is 1.43. The van der Waals surface area contributed by atoms with Crippen molar-refractivity contribution in [2.75, 3.05) is 52.9 Å². The number of phenols is 1. The number of hydrogen-bond acceptors (Lipinski definition) is 6.